The summed E-state index contributed by atoms with van der Waals surface area (Å²) in [5.74, 6) is 1.64. The maximum Gasteiger partial charge on any atom is 0.251 e. The molecule has 5 heteroatoms. The number of benzene rings is 1. The van der Waals surface area contributed by atoms with Crippen molar-refractivity contribution >= 4 is 11.7 Å². The van der Waals surface area contributed by atoms with Gasteiger partial charge >= 0.3 is 0 Å². The van der Waals surface area contributed by atoms with Crippen LogP contribution in [0.5, 0.6) is 5.75 Å². The van der Waals surface area contributed by atoms with E-state index in [1.807, 2.05) is 31.3 Å². The van der Waals surface area contributed by atoms with Crippen molar-refractivity contribution in [2.75, 3.05) is 25.1 Å². The number of rotatable bonds is 5. The molecule has 1 saturated heterocycles. The summed E-state index contributed by atoms with van der Waals surface area (Å²) in [6.45, 7) is 4.58. The van der Waals surface area contributed by atoms with E-state index in [1.165, 1.54) is 25.7 Å². The molecule has 1 aromatic carbocycles. The molecule has 0 aliphatic carbocycles. The van der Waals surface area contributed by atoms with Crippen LogP contribution < -0.4 is 15.0 Å². The second kappa shape index (κ2) is 8.70. The van der Waals surface area contributed by atoms with Crippen molar-refractivity contribution in [2.45, 2.75) is 39.2 Å². The van der Waals surface area contributed by atoms with Gasteiger partial charge in [-0.1, -0.05) is 25.0 Å². The molecule has 138 valence electrons. The molecule has 1 aromatic heterocycles. The van der Waals surface area contributed by atoms with Crippen LogP contribution in [0, 0.1) is 6.92 Å². The summed E-state index contributed by atoms with van der Waals surface area (Å²) in [4.78, 5) is 19.3. The molecule has 1 aliphatic rings. The van der Waals surface area contributed by atoms with E-state index < -0.39 is 0 Å². The number of nitrogens with one attached hydrogen (secondary N) is 1. The van der Waals surface area contributed by atoms with Crippen molar-refractivity contribution in [1.29, 1.82) is 0 Å². The lowest BCUT2D eigenvalue weighted by Crippen LogP contribution is -2.25. The molecular weight excluding hydrogens is 326 g/mol. The smallest absolute Gasteiger partial charge is 0.251 e. The summed E-state index contributed by atoms with van der Waals surface area (Å²) < 4.78 is 5.28. The zero-order chi connectivity index (χ0) is 18.4. The van der Waals surface area contributed by atoms with Crippen LogP contribution in [0.1, 0.15) is 47.2 Å². The zero-order valence-electron chi connectivity index (χ0n) is 15.6. The maximum atomic E-state index is 12.4. The van der Waals surface area contributed by atoms with Crippen molar-refractivity contribution in [3.8, 4) is 5.75 Å². The Morgan fingerprint density at radius 2 is 1.92 bits per heavy atom. The van der Waals surface area contributed by atoms with Crippen molar-refractivity contribution in [3.05, 3.63) is 53.2 Å². The molecule has 26 heavy (non-hydrogen) atoms. The van der Waals surface area contributed by atoms with Crippen molar-refractivity contribution in [2.24, 2.45) is 0 Å². The lowest BCUT2D eigenvalue weighted by molar-refractivity contribution is 0.0950. The van der Waals surface area contributed by atoms with Crippen molar-refractivity contribution in [3.63, 3.8) is 0 Å². The fraction of sp³-hybridized carbons (Fsp3) is 0.429. The lowest BCUT2D eigenvalue weighted by Gasteiger charge is -2.21. The van der Waals surface area contributed by atoms with Gasteiger partial charge in [-0.2, -0.15) is 0 Å². The van der Waals surface area contributed by atoms with E-state index in [2.05, 4.69) is 21.3 Å². The predicted molar refractivity (Wildman–Crippen MR) is 104 cm³/mol. The number of amides is 1. The molecular formula is C21H27N3O2. The topological polar surface area (TPSA) is 54.5 Å². The highest BCUT2D eigenvalue weighted by atomic mass is 16.5. The van der Waals surface area contributed by atoms with Crippen LogP contribution in [0.25, 0.3) is 0 Å². The fourth-order valence-electron chi connectivity index (χ4n) is 3.25. The largest absolute Gasteiger partial charge is 0.496 e. The quantitative estimate of drug-likeness (QED) is 0.890. The number of carbonyl (C=O) groups excluding carboxylic acids is 1. The molecule has 0 unspecified atom stereocenters. The molecule has 1 fully saturated rings. The van der Waals surface area contributed by atoms with Crippen LogP contribution >= 0.6 is 0 Å². The summed E-state index contributed by atoms with van der Waals surface area (Å²) in [7, 11) is 1.61. The third kappa shape index (κ3) is 4.54. The Hall–Kier alpha value is -2.56. The molecule has 3 rings (SSSR count). The first kappa shape index (κ1) is 18.2. The highest BCUT2D eigenvalue weighted by molar-refractivity contribution is 5.94. The molecule has 2 heterocycles. The van der Waals surface area contributed by atoms with Gasteiger partial charge in [0, 0.05) is 31.4 Å². The number of methoxy groups -OCH3 is 1. The van der Waals surface area contributed by atoms with Crippen molar-refractivity contribution < 1.29 is 9.53 Å². The van der Waals surface area contributed by atoms with E-state index in [4.69, 9.17) is 4.74 Å². The highest BCUT2D eigenvalue weighted by Gasteiger charge is 2.11. The van der Waals surface area contributed by atoms with Gasteiger partial charge in [-0.25, -0.2) is 4.98 Å². The third-order valence-electron chi connectivity index (χ3n) is 4.86. The monoisotopic (exact) mass is 353 g/mol. The van der Waals surface area contributed by atoms with E-state index in [0.29, 0.717) is 12.1 Å². The number of pyridine rings is 1. The Morgan fingerprint density at radius 1 is 1.15 bits per heavy atom. The summed E-state index contributed by atoms with van der Waals surface area (Å²) in [5, 5.41) is 2.95. The van der Waals surface area contributed by atoms with Gasteiger partial charge in [0.2, 0.25) is 0 Å². The van der Waals surface area contributed by atoms with E-state index >= 15 is 0 Å². The number of ether oxygens (including phenoxy) is 1. The van der Waals surface area contributed by atoms with Crippen LogP contribution in [0.4, 0.5) is 5.82 Å². The number of aromatic nitrogens is 1. The number of hydrogen-bond donors (Lipinski definition) is 1. The highest BCUT2D eigenvalue weighted by Crippen LogP contribution is 2.19. The minimum Gasteiger partial charge on any atom is -0.496 e. The van der Waals surface area contributed by atoms with Crippen LogP contribution in [-0.4, -0.2) is 31.1 Å². The van der Waals surface area contributed by atoms with Crippen LogP contribution in [0.15, 0.2) is 36.5 Å². The first-order chi connectivity index (χ1) is 12.7. The van der Waals surface area contributed by atoms with Crippen LogP contribution in [-0.2, 0) is 6.54 Å². The zero-order valence-corrected chi connectivity index (χ0v) is 15.6. The third-order valence-corrected chi connectivity index (χ3v) is 4.86. The standard InChI is InChI=1S/C21H27N3O2/c1-16-7-9-18(13-19(16)26-2)21(25)23-15-17-8-10-20(22-14-17)24-11-5-3-4-6-12-24/h7-10,13-14H,3-6,11-12,15H2,1-2H3,(H,23,25). The average molecular weight is 353 g/mol. The molecule has 1 N–H and O–H groups in total. The first-order valence-electron chi connectivity index (χ1n) is 9.30. The minimum absolute atomic E-state index is 0.111. The van der Waals surface area contributed by atoms with Gasteiger partial charge in [0.25, 0.3) is 5.91 Å². The second-order valence-corrected chi connectivity index (χ2v) is 6.79. The maximum absolute atomic E-state index is 12.4. The number of anilines is 1. The Balaban J connectivity index is 1.58. The summed E-state index contributed by atoms with van der Waals surface area (Å²) >= 11 is 0. The Bertz CT molecular complexity index is 735. The number of hydrogen-bond acceptors (Lipinski definition) is 4. The van der Waals surface area contributed by atoms with Gasteiger partial charge in [-0.05, 0) is 49.1 Å². The normalized spacial score (nSPS) is 14.6. The molecule has 0 spiro atoms. The first-order valence-corrected chi connectivity index (χ1v) is 9.30. The number of nitrogens with zero attached hydrogens (tertiary/aromatic N) is 2. The molecule has 0 saturated carbocycles. The van der Waals surface area contributed by atoms with Gasteiger partial charge in [-0.3, -0.25) is 4.79 Å². The Labute approximate surface area is 155 Å². The summed E-state index contributed by atoms with van der Waals surface area (Å²) in [5.41, 5.74) is 2.61. The SMILES string of the molecule is COc1cc(C(=O)NCc2ccc(N3CCCCCC3)nc2)ccc1C. The Morgan fingerprint density at radius 3 is 2.58 bits per heavy atom. The molecule has 1 aliphatic heterocycles. The fourth-order valence-corrected chi connectivity index (χ4v) is 3.25. The van der Waals surface area contributed by atoms with E-state index in [9.17, 15) is 4.79 Å². The van der Waals surface area contributed by atoms with Gasteiger partial charge in [0.15, 0.2) is 0 Å². The Kier molecular flexibility index (Phi) is 6.10. The van der Waals surface area contributed by atoms with Gasteiger partial charge < -0.3 is 15.0 Å². The van der Waals surface area contributed by atoms with E-state index in [1.54, 1.807) is 13.2 Å². The molecule has 0 bridgehead atoms. The van der Waals surface area contributed by atoms with E-state index in [-0.39, 0.29) is 5.91 Å². The lowest BCUT2D eigenvalue weighted by atomic mass is 10.1. The predicted octanol–water partition coefficient (Wildman–Crippen LogP) is 3.71. The number of carbonyl (C=O) groups is 1. The van der Waals surface area contributed by atoms with Crippen molar-refractivity contribution in [1.82, 2.24) is 10.3 Å². The minimum atomic E-state index is -0.111. The average Bonchev–Trinajstić information content (AvgIpc) is 2.96. The van der Waals surface area contributed by atoms with Gasteiger partial charge in [0.05, 0.1) is 7.11 Å². The summed E-state index contributed by atoms with van der Waals surface area (Å²) in [6.07, 6.45) is 6.95. The molecule has 2 aromatic rings. The van der Waals surface area contributed by atoms with Crippen LogP contribution in [0.2, 0.25) is 0 Å². The molecule has 0 atom stereocenters. The van der Waals surface area contributed by atoms with Crippen LogP contribution in [0.3, 0.4) is 0 Å². The summed E-state index contributed by atoms with van der Waals surface area (Å²) in [6, 6.07) is 9.58. The second-order valence-electron chi connectivity index (χ2n) is 6.79. The molecule has 0 radical (unpaired) electrons. The van der Waals surface area contributed by atoms with Gasteiger partial charge in [0.1, 0.15) is 11.6 Å². The number of aryl methyl sites for hydroxylation is 1. The molecule has 5 nitrogen and oxygen atoms in total. The molecule has 1 amide bonds. The van der Waals surface area contributed by atoms with Gasteiger partial charge in [-0.15, -0.1) is 0 Å². The van der Waals surface area contributed by atoms with E-state index in [0.717, 1.165) is 35.8 Å².